The summed E-state index contributed by atoms with van der Waals surface area (Å²) in [6, 6.07) is 1.54. The molecule has 0 radical (unpaired) electrons. The molecule has 0 aromatic heterocycles. The van der Waals surface area contributed by atoms with Gasteiger partial charge in [-0.1, -0.05) is 12.2 Å². The van der Waals surface area contributed by atoms with Gasteiger partial charge in [0.1, 0.15) is 12.0 Å². The number of amides is 1. The third-order valence-corrected chi connectivity index (χ3v) is 6.21. The van der Waals surface area contributed by atoms with Crippen LogP contribution < -0.4 is 4.90 Å². The number of rotatable bonds is 3. The van der Waals surface area contributed by atoms with Crippen LogP contribution in [0.3, 0.4) is 0 Å². The maximum atomic E-state index is 14.2. The van der Waals surface area contributed by atoms with Crippen molar-refractivity contribution in [2.24, 2.45) is 5.92 Å². The largest absolute Gasteiger partial charge is 0.343 e. The van der Waals surface area contributed by atoms with E-state index in [4.69, 9.17) is 0 Å². The van der Waals surface area contributed by atoms with E-state index in [1.165, 1.54) is 11.0 Å². The Morgan fingerprint density at radius 2 is 2.04 bits per heavy atom. The number of hydrogen-bond donors (Lipinski definition) is 1. The number of nitrogens with one attached hydrogen (secondary N) is 1. The van der Waals surface area contributed by atoms with Crippen molar-refractivity contribution < 1.29 is 18.5 Å². The predicted molar refractivity (Wildman–Crippen MR) is 97.6 cm³/mol. The van der Waals surface area contributed by atoms with Crippen molar-refractivity contribution in [3.63, 3.8) is 0 Å². The molecule has 3 aliphatic rings. The van der Waals surface area contributed by atoms with Crippen molar-refractivity contribution in [1.29, 1.82) is 0 Å². The zero-order valence-corrected chi connectivity index (χ0v) is 15.5. The summed E-state index contributed by atoms with van der Waals surface area (Å²) >= 11 is 0. The Kier molecular flexibility index (Phi) is 4.22. The van der Waals surface area contributed by atoms with Gasteiger partial charge in [-0.3, -0.25) is 4.79 Å². The fourth-order valence-electron chi connectivity index (χ4n) is 4.83. The monoisotopic (exact) mass is 359 g/mol. The number of halogens is 2. The Labute approximate surface area is 153 Å². The number of nitrogens with zero attached hydrogens (tertiary/aromatic N) is 1. The van der Waals surface area contributed by atoms with Crippen LogP contribution in [0.1, 0.15) is 37.0 Å². The molecule has 2 aliphatic carbocycles. The summed E-state index contributed by atoms with van der Waals surface area (Å²) in [5, 5.41) is 0. The van der Waals surface area contributed by atoms with E-state index >= 15 is 0 Å². The molecule has 0 fully saturated rings. The molecule has 1 aliphatic heterocycles. The number of benzene rings is 1. The smallest absolute Gasteiger partial charge is 0.235 e. The topological polar surface area (TPSA) is 24.8 Å². The van der Waals surface area contributed by atoms with Gasteiger partial charge in [-0.25, -0.2) is 8.78 Å². The SMILES string of the molecule is CCN(CC)C(=O)[C@@H]1C=C2c3cc(F)c(F)c4c3C(=CC4)C[C@H]2[NH+](C)C1. The van der Waals surface area contributed by atoms with Crippen molar-refractivity contribution >= 4 is 17.1 Å². The van der Waals surface area contributed by atoms with Crippen LogP contribution in [-0.4, -0.2) is 43.5 Å². The van der Waals surface area contributed by atoms with Gasteiger partial charge in [0.05, 0.1) is 13.6 Å². The van der Waals surface area contributed by atoms with Crippen LogP contribution in [0.25, 0.3) is 11.1 Å². The first-order valence-corrected chi connectivity index (χ1v) is 9.49. The number of carbonyl (C=O) groups is 1. The summed E-state index contributed by atoms with van der Waals surface area (Å²) < 4.78 is 28.4. The summed E-state index contributed by atoms with van der Waals surface area (Å²) in [5.74, 6) is -1.59. The Bertz CT molecular complexity index is 839. The van der Waals surface area contributed by atoms with E-state index in [0.29, 0.717) is 25.1 Å². The fourth-order valence-corrected chi connectivity index (χ4v) is 4.83. The van der Waals surface area contributed by atoms with Crippen LogP contribution in [0.4, 0.5) is 8.78 Å². The van der Waals surface area contributed by atoms with Crippen LogP contribution in [0.5, 0.6) is 0 Å². The number of carbonyl (C=O) groups excluding carboxylic acids is 1. The Balaban J connectivity index is 1.82. The molecule has 1 amide bonds. The zero-order valence-electron chi connectivity index (χ0n) is 15.5. The normalized spacial score (nSPS) is 26.0. The minimum atomic E-state index is -0.787. The van der Waals surface area contributed by atoms with Gasteiger partial charge in [-0.2, -0.15) is 0 Å². The molecule has 3 atom stereocenters. The molecule has 1 unspecified atom stereocenters. The third kappa shape index (κ3) is 2.44. The second-order valence-electron chi connectivity index (χ2n) is 7.55. The number of allylic oxidation sites excluding steroid dienone is 1. The highest BCUT2D eigenvalue weighted by Gasteiger charge is 2.42. The average molecular weight is 359 g/mol. The minimum Gasteiger partial charge on any atom is -0.343 e. The van der Waals surface area contributed by atoms with E-state index in [1.807, 2.05) is 30.9 Å². The Hall–Kier alpha value is -2.01. The van der Waals surface area contributed by atoms with E-state index in [9.17, 15) is 13.6 Å². The molecule has 26 heavy (non-hydrogen) atoms. The minimum absolute atomic E-state index is 0.126. The van der Waals surface area contributed by atoms with Gasteiger partial charge in [-0.15, -0.1) is 0 Å². The summed E-state index contributed by atoms with van der Waals surface area (Å²) in [6.07, 6.45) is 5.35. The number of fused-ring (bicyclic) bond motifs is 2. The number of likely N-dealkylation sites (N-methyl/N-ethyl adjacent to an activating group) is 1. The average Bonchev–Trinajstić information content (AvgIpc) is 3.05. The highest BCUT2D eigenvalue weighted by molar-refractivity contribution is 5.92. The molecule has 0 saturated heterocycles. The first-order valence-electron chi connectivity index (χ1n) is 9.49. The molecule has 1 aromatic rings. The molecule has 1 N–H and O–H groups in total. The molecule has 138 valence electrons. The van der Waals surface area contributed by atoms with Crippen LogP contribution in [0, 0.1) is 17.6 Å². The Morgan fingerprint density at radius 1 is 1.31 bits per heavy atom. The van der Waals surface area contributed by atoms with Gasteiger partial charge < -0.3 is 9.80 Å². The lowest BCUT2D eigenvalue weighted by Gasteiger charge is -2.39. The Morgan fingerprint density at radius 3 is 2.73 bits per heavy atom. The van der Waals surface area contributed by atoms with Gasteiger partial charge in [0, 0.05) is 30.6 Å². The lowest BCUT2D eigenvalue weighted by molar-refractivity contribution is -0.899. The highest BCUT2D eigenvalue weighted by atomic mass is 19.2. The van der Waals surface area contributed by atoms with Crippen molar-refractivity contribution in [3.05, 3.63) is 46.5 Å². The lowest BCUT2D eigenvalue weighted by Crippen LogP contribution is -3.14. The van der Waals surface area contributed by atoms with Crippen LogP contribution in [0.2, 0.25) is 0 Å². The molecule has 3 nitrogen and oxygen atoms in total. The molecule has 0 bridgehead atoms. The molecular formula is C21H25F2N2O+. The quantitative estimate of drug-likeness (QED) is 0.878. The standard InChI is InChI=1S/C21H24F2N2O/c1-4-25(5-2)21(26)13-8-15-16-10-17(22)20(23)14-7-6-12(19(14)16)9-18(15)24(3)11-13/h6,8,10,13,18H,4-5,7,9,11H2,1-3H3/p+1/t13-,18-/m1/s1. The van der Waals surface area contributed by atoms with Gasteiger partial charge >= 0.3 is 0 Å². The van der Waals surface area contributed by atoms with Crippen molar-refractivity contribution in [1.82, 2.24) is 4.90 Å². The van der Waals surface area contributed by atoms with Gasteiger partial charge in [0.2, 0.25) is 5.91 Å². The lowest BCUT2D eigenvalue weighted by atomic mass is 9.76. The van der Waals surface area contributed by atoms with Gasteiger partial charge in [0.15, 0.2) is 11.6 Å². The summed E-state index contributed by atoms with van der Waals surface area (Å²) in [5.41, 5.74) is 4.27. The van der Waals surface area contributed by atoms with Crippen LogP contribution >= 0.6 is 0 Å². The summed E-state index contributed by atoms with van der Waals surface area (Å²) in [7, 11) is 2.10. The van der Waals surface area contributed by atoms with E-state index in [2.05, 4.69) is 7.05 Å². The van der Waals surface area contributed by atoms with Crippen molar-refractivity contribution in [2.75, 3.05) is 26.7 Å². The number of quaternary nitrogens is 1. The maximum absolute atomic E-state index is 14.2. The second kappa shape index (κ2) is 6.31. The van der Waals surface area contributed by atoms with Gasteiger partial charge in [0.25, 0.3) is 0 Å². The second-order valence-corrected chi connectivity index (χ2v) is 7.55. The van der Waals surface area contributed by atoms with Crippen LogP contribution in [0.15, 0.2) is 18.2 Å². The molecule has 0 saturated carbocycles. The van der Waals surface area contributed by atoms with E-state index < -0.39 is 11.6 Å². The molecular weight excluding hydrogens is 334 g/mol. The molecule has 1 aromatic carbocycles. The van der Waals surface area contributed by atoms with Crippen LogP contribution in [-0.2, 0) is 11.2 Å². The number of hydrogen-bond acceptors (Lipinski definition) is 1. The predicted octanol–water partition coefficient (Wildman–Crippen LogP) is 2.07. The summed E-state index contributed by atoms with van der Waals surface area (Å²) in [6.45, 7) is 6.08. The van der Waals surface area contributed by atoms with E-state index in [1.54, 1.807) is 0 Å². The first kappa shape index (κ1) is 17.4. The first-order chi connectivity index (χ1) is 12.5. The van der Waals surface area contributed by atoms with E-state index in [-0.39, 0.29) is 17.9 Å². The molecule has 5 heteroatoms. The highest BCUT2D eigenvalue weighted by Crippen LogP contribution is 2.45. The van der Waals surface area contributed by atoms with Crippen molar-refractivity contribution in [2.45, 2.75) is 32.7 Å². The maximum Gasteiger partial charge on any atom is 0.235 e. The molecule has 0 spiro atoms. The zero-order chi connectivity index (χ0) is 18.6. The van der Waals surface area contributed by atoms with E-state index in [0.717, 1.165) is 35.2 Å². The molecule has 4 rings (SSSR count). The molecule has 1 heterocycles. The van der Waals surface area contributed by atoms with Gasteiger partial charge in [-0.05, 0) is 43.0 Å². The van der Waals surface area contributed by atoms with Crippen molar-refractivity contribution in [3.8, 4) is 0 Å². The third-order valence-electron chi connectivity index (χ3n) is 6.21. The fraction of sp³-hybridized carbons (Fsp3) is 0.476. The summed E-state index contributed by atoms with van der Waals surface area (Å²) in [4.78, 5) is 16.0.